The van der Waals surface area contributed by atoms with Gasteiger partial charge in [-0.25, -0.2) is 4.98 Å². The van der Waals surface area contributed by atoms with Crippen LogP contribution in [0.15, 0.2) is 16.5 Å². The molecule has 4 heterocycles. The van der Waals surface area contributed by atoms with Crippen LogP contribution in [-0.2, 0) is 28.9 Å². The number of ether oxygens (including phenoxy) is 1. The minimum absolute atomic E-state index is 0.154. The molecule has 30 heavy (non-hydrogen) atoms. The van der Waals surface area contributed by atoms with Crippen LogP contribution in [0.25, 0.3) is 10.9 Å². The molecule has 1 N–H and O–H groups in total. The van der Waals surface area contributed by atoms with Gasteiger partial charge in [-0.15, -0.1) is 0 Å². The molecule has 1 fully saturated rings. The van der Waals surface area contributed by atoms with Crippen LogP contribution >= 0.6 is 0 Å². The van der Waals surface area contributed by atoms with Gasteiger partial charge < -0.3 is 19.0 Å². The molecule has 0 saturated carbocycles. The monoisotopic (exact) mass is 407 g/mol. The molecule has 158 valence electrons. The number of carbonyl (C=O) groups excluding carboxylic acids is 1. The second-order valence-corrected chi connectivity index (χ2v) is 8.73. The van der Waals surface area contributed by atoms with E-state index in [1.807, 2.05) is 4.90 Å². The molecular weight excluding hydrogens is 378 g/mol. The van der Waals surface area contributed by atoms with Gasteiger partial charge in [-0.2, -0.15) is 0 Å². The third kappa shape index (κ3) is 3.33. The van der Waals surface area contributed by atoms with Crippen molar-refractivity contribution in [2.75, 3.05) is 19.8 Å². The van der Waals surface area contributed by atoms with E-state index in [0.29, 0.717) is 25.4 Å². The quantitative estimate of drug-likeness (QED) is 0.709. The number of H-pyrrole nitrogens is 1. The van der Waals surface area contributed by atoms with Crippen LogP contribution in [0.1, 0.15) is 58.5 Å². The van der Waals surface area contributed by atoms with Crippen molar-refractivity contribution in [3.05, 3.63) is 51.9 Å². The zero-order chi connectivity index (χ0) is 20.8. The Bertz CT molecular complexity index is 1100. The molecule has 2 aliphatic heterocycles. The number of hydrogen-bond donors (Lipinski definition) is 1. The van der Waals surface area contributed by atoms with Crippen molar-refractivity contribution >= 4 is 16.8 Å². The maximum atomic E-state index is 13.2. The smallest absolute Gasteiger partial charge is 0.227 e. The molecule has 0 unspecified atom stereocenters. The lowest BCUT2D eigenvalue weighted by molar-refractivity contribution is -0.131. The molecule has 0 aliphatic carbocycles. The Labute approximate surface area is 176 Å². The predicted octanol–water partition coefficient (Wildman–Crippen LogP) is 4.10. The molecule has 1 aromatic carbocycles. The summed E-state index contributed by atoms with van der Waals surface area (Å²) in [5, 5.41) is 1.20. The van der Waals surface area contributed by atoms with E-state index in [0.717, 1.165) is 66.6 Å². The van der Waals surface area contributed by atoms with E-state index < -0.39 is 0 Å². The number of oxazole rings is 1. The minimum atomic E-state index is 0.154. The second-order valence-electron chi connectivity index (χ2n) is 8.73. The zero-order valence-corrected chi connectivity index (χ0v) is 18.0. The van der Waals surface area contributed by atoms with E-state index >= 15 is 0 Å². The lowest BCUT2D eigenvalue weighted by atomic mass is 10.0. The third-order valence-electron chi connectivity index (χ3n) is 6.68. The first-order chi connectivity index (χ1) is 14.5. The Morgan fingerprint density at radius 3 is 2.77 bits per heavy atom. The van der Waals surface area contributed by atoms with Gasteiger partial charge in [0.25, 0.3) is 0 Å². The summed E-state index contributed by atoms with van der Waals surface area (Å²) in [6.45, 7) is 9.05. The van der Waals surface area contributed by atoms with Crippen LogP contribution in [0.3, 0.4) is 0 Å². The number of hydrogen-bond acceptors (Lipinski definition) is 4. The molecule has 6 heteroatoms. The number of benzene rings is 1. The molecule has 6 nitrogen and oxygen atoms in total. The number of aromatic nitrogens is 2. The SMILES string of the molecule is Cc1[nH]c2c(C)ccc(C)c2c1CC(=O)N1CCc2oc(C3CCOCC3)nc2C1. The zero-order valence-electron chi connectivity index (χ0n) is 18.0. The molecule has 2 aliphatic rings. The fraction of sp³-hybridized carbons (Fsp3) is 0.500. The number of aromatic amines is 1. The Hall–Kier alpha value is -2.60. The highest BCUT2D eigenvalue weighted by atomic mass is 16.5. The lowest BCUT2D eigenvalue weighted by Crippen LogP contribution is -2.36. The summed E-state index contributed by atoms with van der Waals surface area (Å²) in [5.41, 5.74) is 6.69. The van der Waals surface area contributed by atoms with Crippen LogP contribution in [0.4, 0.5) is 0 Å². The molecule has 3 aromatic rings. The van der Waals surface area contributed by atoms with E-state index in [4.69, 9.17) is 14.1 Å². The van der Waals surface area contributed by atoms with Crippen LogP contribution in [0.5, 0.6) is 0 Å². The van der Waals surface area contributed by atoms with Crippen molar-refractivity contribution in [2.45, 2.75) is 58.9 Å². The minimum Gasteiger partial charge on any atom is -0.445 e. The van der Waals surface area contributed by atoms with E-state index in [1.165, 1.54) is 16.5 Å². The van der Waals surface area contributed by atoms with Crippen molar-refractivity contribution < 1.29 is 13.9 Å². The van der Waals surface area contributed by atoms with E-state index in [1.54, 1.807) is 0 Å². The number of carbonyl (C=O) groups is 1. The summed E-state index contributed by atoms with van der Waals surface area (Å²) in [6, 6.07) is 4.27. The van der Waals surface area contributed by atoms with Gasteiger partial charge in [-0.1, -0.05) is 12.1 Å². The van der Waals surface area contributed by atoms with Crippen molar-refractivity contribution in [3.8, 4) is 0 Å². The van der Waals surface area contributed by atoms with Gasteiger partial charge in [0.2, 0.25) is 5.91 Å². The highest BCUT2D eigenvalue weighted by molar-refractivity contribution is 5.93. The topological polar surface area (TPSA) is 71.4 Å². The van der Waals surface area contributed by atoms with Crippen LogP contribution in [0, 0.1) is 20.8 Å². The van der Waals surface area contributed by atoms with Crippen molar-refractivity contribution in [2.24, 2.45) is 0 Å². The number of amides is 1. The number of nitrogens with one attached hydrogen (secondary N) is 1. The van der Waals surface area contributed by atoms with Gasteiger partial charge in [0.05, 0.1) is 13.0 Å². The van der Waals surface area contributed by atoms with Gasteiger partial charge in [-0.05, 0) is 50.3 Å². The molecule has 5 rings (SSSR count). The van der Waals surface area contributed by atoms with Crippen molar-refractivity contribution in [1.82, 2.24) is 14.9 Å². The summed E-state index contributed by atoms with van der Waals surface area (Å²) in [6.07, 6.45) is 3.07. The fourth-order valence-electron chi connectivity index (χ4n) is 4.85. The van der Waals surface area contributed by atoms with Gasteiger partial charge in [-0.3, -0.25) is 4.79 Å². The molecule has 1 amide bonds. The number of fused-ring (bicyclic) bond motifs is 2. The van der Waals surface area contributed by atoms with Gasteiger partial charge in [0.15, 0.2) is 5.89 Å². The lowest BCUT2D eigenvalue weighted by Gasteiger charge is -2.25. The van der Waals surface area contributed by atoms with Gasteiger partial charge >= 0.3 is 0 Å². The highest BCUT2D eigenvalue weighted by Gasteiger charge is 2.29. The van der Waals surface area contributed by atoms with Gasteiger partial charge in [0, 0.05) is 48.7 Å². The largest absolute Gasteiger partial charge is 0.445 e. The highest BCUT2D eigenvalue weighted by Crippen LogP contribution is 2.31. The molecule has 0 atom stereocenters. The second kappa shape index (κ2) is 7.58. The summed E-state index contributed by atoms with van der Waals surface area (Å²) in [5.74, 6) is 2.28. The van der Waals surface area contributed by atoms with E-state index in [2.05, 4.69) is 37.9 Å². The molecule has 0 radical (unpaired) electrons. The fourth-order valence-corrected chi connectivity index (χ4v) is 4.85. The summed E-state index contributed by atoms with van der Waals surface area (Å²) >= 11 is 0. The maximum Gasteiger partial charge on any atom is 0.227 e. The van der Waals surface area contributed by atoms with Crippen molar-refractivity contribution in [3.63, 3.8) is 0 Å². The third-order valence-corrected chi connectivity index (χ3v) is 6.68. The molecular formula is C24H29N3O3. The Morgan fingerprint density at radius 2 is 1.97 bits per heavy atom. The number of aryl methyl sites for hydroxylation is 3. The first-order valence-electron chi connectivity index (χ1n) is 10.9. The first kappa shape index (κ1) is 19.4. The van der Waals surface area contributed by atoms with E-state index in [-0.39, 0.29) is 5.91 Å². The van der Waals surface area contributed by atoms with Crippen LogP contribution < -0.4 is 0 Å². The maximum absolute atomic E-state index is 13.2. The summed E-state index contributed by atoms with van der Waals surface area (Å²) in [4.78, 5) is 23.4. The molecule has 2 aromatic heterocycles. The van der Waals surface area contributed by atoms with Crippen LogP contribution in [-0.4, -0.2) is 40.5 Å². The predicted molar refractivity (Wildman–Crippen MR) is 115 cm³/mol. The molecule has 0 spiro atoms. The normalized spacial score (nSPS) is 17.5. The molecule has 1 saturated heterocycles. The van der Waals surface area contributed by atoms with Crippen molar-refractivity contribution in [1.29, 1.82) is 0 Å². The first-order valence-corrected chi connectivity index (χ1v) is 10.9. The Balaban J connectivity index is 1.35. The number of rotatable bonds is 3. The van der Waals surface area contributed by atoms with E-state index in [9.17, 15) is 4.79 Å². The Kier molecular flexibility index (Phi) is 4.89. The average Bonchev–Trinajstić information content (AvgIpc) is 3.33. The Morgan fingerprint density at radius 1 is 1.20 bits per heavy atom. The van der Waals surface area contributed by atoms with Crippen LogP contribution in [0.2, 0.25) is 0 Å². The average molecular weight is 408 g/mol. The summed E-state index contributed by atoms with van der Waals surface area (Å²) < 4.78 is 11.5. The van der Waals surface area contributed by atoms with Gasteiger partial charge in [0.1, 0.15) is 11.5 Å². The molecule has 0 bridgehead atoms. The standard InChI is InChI=1S/C24H29N3O3/c1-14-4-5-15(2)23-22(14)18(16(3)25-23)12-21(28)27-9-6-20-19(13-27)26-24(30-20)17-7-10-29-11-8-17/h4-5,17,25H,6-13H2,1-3H3. The number of nitrogens with zero attached hydrogens (tertiary/aromatic N) is 2. The summed E-state index contributed by atoms with van der Waals surface area (Å²) in [7, 11) is 0.